The molecule has 1 aromatic carbocycles. The van der Waals surface area contributed by atoms with E-state index in [-0.39, 0.29) is 17.0 Å². The normalized spacial score (nSPS) is 10.4. The monoisotopic (exact) mass is 395 g/mol. The van der Waals surface area contributed by atoms with Gasteiger partial charge in [-0.25, -0.2) is 9.97 Å². The molecule has 0 aliphatic carbocycles. The van der Waals surface area contributed by atoms with Crippen LogP contribution in [0.1, 0.15) is 6.92 Å². The molecule has 2 heterocycles. The van der Waals surface area contributed by atoms with E-state index in [0.717, 1.165) is 27.8 Å². The Bertz CT molecular complexity index is 807. The van der Waals surface area contributed by atoms with Crippen LogP contribution in [-0.4, -0.2) is 34.3 Å². The number of rotatable bonds is 5. The summed E-state index contributed by atoms with van der Waals surface area (Å²) in [5, 5.41) is 0.933. The molecule has 2 aromatic heterocycles. The van der Waals surface area contributed by atoms with E-state index >= 15 is 0 Å². The van der Waals surface area contributed by atoms with E-state index in [0.29, 0.717) is 11.5 Å². The lowest BCUT2D eigenvalue weighted by molar-refractivity contribution is 0.355. The minimum Gasteiger partial charge on any atom is -0.493 e. The van der Waals surface area contributed by atoms with Gasteiger partial charge in [0.25, 0.3) is 0 Å². The Balaban J connectivity index is 0.00000192. The molecule has 0 radical (unpaired) electrons. The minimum atomic E-state index is 0. The van der Waals surface area contributed by atoms with Crippen LogP contribution >= 0.6 is 28.7 Å². The van der Waals surface area contributed by atoms with Crippen molar-refractivity contribution in [3.63, 3.8) is 0 Å². The van der Waals surface area contributed by atoms with Crippen molar-refractivity contribution in [1.82, 2.24) is 14.4 Å². The quantitative estimate of drug-likeness (QED) is 0.480. The van der Waals surface area contributed by atoms with Crippen molar-refractivity contribution in [2.24, 2.45) is 0 Å². The minimum absolute atomic E-state index is 0. The smallest absolute Gasteiger partial charge is 0.174 e. The van der Waals surface area contributed by atoms with E-state index < -0.39 is 0 Å². The van der Waals surface area contributed by atoms with Crippen LogP contribution in [-0.2, 0) is 0 Å². The second kappa shape index (κ2) is 7.70. The van der Waals surface area contributed by atoms with Gasteiger partial charge in [0, 0.05) is 24.0 Å². The van der Waals surface area contributed by atoms with Gasteiger partial charge in [0.1, 0.15) is 5.65 Å². The van der Waals surface area contributed by atoms with Crippen LogP contribution in [0.4, 0.5) is 0 Å². The van der Waals surface area contributed by atoms with Crippen molar-refractivity contribution >= 4 is 34.4 Å². The summed E-state index contributed by atoms with van der Waals surface area (Å²) in [4.78, 5) is 9.13. The van der Waals surface area contributed by atoms with E-state index in [1.54, 1.807) is 32.2 Å². The zero-order valence-electron chi connectivity index (χ0n) is 13.1. The Morgan fingerprint density at radius 3 is 2.61 bits per heavy atom. The highest BCUT2D eigenvalue weighted by molar-refractivity contribution is 8.93. The lowest BCUT2D eigenvalue weighted by Crippen LogP contribution is -1.97. The van der Waals surface area contributed by atoms with E-state index in [2.05, 4.69) is 11.9 Å². The van der Waals surface area contributed by atoms with Gasteiger partial charge >= 0.3 is 0 Å². The van der Waals surface area contributed by atoms with Gasteiger partial charge in [-0.2, -0.15) is 0 Å². The van der Waals surface area contributed by atoms with Gasteiger partial charge in [-0.1, -0.05) is 18.7 Å². The number of ether oxygens (including phenoxy) is 2. The molecule has 0 saturated heterocycles. The molecule has 0 bridgehead atoms. The maximum atomic E-state index is 5.37. The summed E-state index contributed by atoms with van der Waals surface area (Å²) < 4.78 is 12.6. The highest BCUT2D eigenvalue weighted by Gasteiger charge is 2.11. The van der Waals surface area contributed by atoms with Crippen LogP contribution in [0.15, 0.2) is 41.8 Å². The number of thioether (sulfide) groups is 1. The summed E-state index contributed by atoms with van der Waals surface area (Å²) in [6.45, 7) is 2.11. The number of fused-ring (bicyclic) bond motifs is 1. The molecule has 0 amide bonds. The first-order valence-corrected chi connectivity index (χ1v) is 7.94. The third kappa shape index (κ3) is 3.45. The first-order chi connectivity index (χ1) is 10.8. The second-order valence-electron chi connectivity index (χ2n) is 4.58. The molecule has 0 aliphatic heterocycles. The average Bonchev–Trinajstić information content (AvgIpc) is 3.03. The Morgan fingerprint density at radius 2 is 1.91 bits per heavy atom. The van der Waals surface area contributed by atoms with Crippen molar-refractivity contribution in [2.45, 2.75) is 12.1 Å². The molecule has 3 aromatic rings. The van der Waals surface area contributed by atoms with Crippen molar-refractivity contribution in [2.75, 3.05) is 20.0 Å². The standard InChI is InChI=1S/C16H17N3O2S.BrH/c1-4-22-16-18-12(10-15-17-7-8-19(15)16)11-5-6-13(20-2)14(9-11)21-3;/h5-10H,4H2,1-3H3;1H. The number of aromatic nitrogens is 3. The number of hydrogen-bond acceptors (Lipinski definition) is 5. The maximum absolute atomic E-state index is 5.37. The van der Waals surface area contributed by atoms with E-state index in [4.69, 9.17) is 14.5 Å². The third-order valence-electron chi connectivity index (χ3n) is 3.31. The molecule has 0 atom stereocenters. The SMILES string of the molecule is Br.CCSc1nc(-c2ccc(OC)c(OC)c2)cc2nccn12. The Hall–Kier alpha value is -1.73. The molecule has 7 heteroatoms. The first kappa shape index (κ1) is 17.6. The molecule has 3 rings (SSSR count). The van der Waals surface area contributed by atoms with Crippen LogP contribution < -0.4 is 9.47 Å². The highest BCUT2D eigenvalue weighted by Crippen LogP contribution is 2.32. The fourth-order valence-electron chi connectivity index (χ4n) is 2.27. The Kier molecular flexibility index (Phi) is 5.90. The lowest BCUT2D eigenvalue weighted by atomic mass is 10.1. The molecule has 5 nitrogen and oxygen atoms in total. The summed E-state index contributed by atoms with van der Waals surface area (Å²) in [6, 6.07) is 7.77. The molecule has 0 fully saturated rings. The topological polar surface area (TPSA) is 48.7 Å². The average molecular weight is 396 g/mol. The van der Waals surface area contributed by atoms with Crippen LogP contribution in [0.3, 0.4) is 0 Å². The molecule has 0 saturated carbocycles. The van der Waals surface area contributed by atoms with Gasteiger partial charge < -0.3 is 9.47 Å². The Morgan fingerprint density at radius 1 is 1.13 bits per heavy atom. The molecule has 122 valence electrons. The van der Waals surface area contributed by atoms with Gasteiger partial charge in [0.2, 0.25) is 0 Å². The summed E-state index contributed by atoms with van der Waals surface area (Å²) in [6.07, 6.45) is 3.72. The molecule has 0 spiro atoms. The number of halogens is 1. The zero-order chi connectivity index (χ0) is 15.5. The molecule has 0 N–H and O–H groups in total. The third-order valence-corrected chi connectivity index (χ3v) is 4.14. The lowest BCUT2D eigenvalue weighted by Gasteiger charge is -2.11. The van der Waals surface area contributed by atoms with Gasteiger partial charge in [-0.15, -0.1) is 17.0 Å². The van der Waals surface area contributed by atoms with Crippen molar-refractivity contribution in [1.29, 1.82) is 0 Å². The van der Waals surface area contributed by atoms with Crippen molar-refractivity contribution < 1.29 is 9.47 Å². The van der Waals surface area contributed by atoms with Gasteiger partial charge in [0.15, 0.2) is 16.7 Å². The fraction of sp³-hybridized carbons (Fsp3) is 0.250. The summed E-state index contributed by atoms with van der Waals surface area (Å²) >= 11 is 1.69. The molecular formula is C16H18BrN3O2S. The zero-order valence-corrected chi connectivity index (χ0v) is 15.7. The summed E-state index contributed by atoms with van der Waals surface area (Å²) in [5.41, 5.74) is 2.73. The van der Waals surface area contributed by atoms with Crippen LogP contribution in [0.25, 0.3) is 16.9 Å². The first-order valence-electron chi connectivity index (χ1n) is 6.96. The van der Waals surface area contributed by atoms with Crippen molar-refractivity contribution in [3.8, 4) is 22.8 Å². The fourth-order valence-corrected chi connectivity index (χ4v) is 2.98. The van der Waals surface area contributed by atoms with Crippen LogP contribution in [0.5, 0.6) is 11.5 Å². The molecule has 0 unspecified atom stereocenters. The van der Waals surface area contributed by atoms with E-state index in [1.807, 2.05) is 34.9 Å². The molecule has 0 aliphatic rings. The van der Waals surface area contributed by atoms with Gasteiger partial charge in [-0.3, -0.25) is 4.40 Å². The number of imidazole rings is 1. The number of hydrogen-bond donors (Lipinski definition) is 0. The predicted octanol–water partition coefficient (Wildman–Crippen LogP) is 4.10. The van der Waals surface area contributed by atoms with E-state index in [9.17, 15) is 0 Å². The molecule has 23 heavy (non-hydrogen) atoms. The van der Waals surface area contributed by atoms with E-state index in [1.165, 1.54) is 0 Å². The van der Waals surface area contributed by atoms with Crippen LogP contribution in [0, 0.1) is 0 Å². The summed E-state index contributed by atoms with van der Waals surface area (Å²) in [5.74, 6) is 2.35. The number of benzene rings is 1. The predicted molar refractivity (Wildman–Crippen MR) is 98.2 cm³/mol. The molecular weight excluding hydrogens is 378 g/mol. The second-order valence-corrected chi connectivity index (χ2v) is 5.81. The maximum Gasteiger partial charge on any atom is 0.174 e. The number of nitrogens with zero attached hydrogens (tertiary/aromatic N) is 3. The Labute approximate surface area is 149 Å². The van der Waals surface area contributed by atoms with Gasteiger partial charge in [0.05, 0.1) is 19.9 Å². The van der Waals surface area contributed by atoms with Crippen molar-refractivity contribution in [3.05, 3.63) is 36.7 Å². The van der Waals surface area contributed by atoms with Gasteiger partial charge in [-0.05, 0) is 24.0 Å². The summed E-state index contributed by atoms with van der Waals surface area (Å²) in [7, 11) is 3.26. The van der Waals surface area contributed by atoms with Crippen LogP contribution in [0.2, 0.25) is 0 Å². The highest BCUT2D eigenvalue weighted by atomic mass is 79.9. The largest absolute Gasteiger partial charge is 0.493 e. The number of methoxy groups -OCH3 is 2.